The SMILES string of the molecule is O=C(Cn1c2c(c(=O)n3nc(C4=CCOCC4)nc13)C1(CCN(C(=O)c3ncccc3O)CC1)S(=O)(=O)C2)Nc1ccc(C(F)(F)F)cc1Cl. The number of sulfone groups is 1. The van der Waals surface area contributed by atoms with Crippen LogP contribution in [0.4, 0.5) is 18.9 Å². The first-order valence-corrected chi connectivity index (χ1v) is 17.4. The van der Waals surface area contributed by atoms with Gasteiger partial charge in [0.25, 0.3) is 11.5 Å². The molecule has 0 bridgehead atoms. The van der Waals surface area contributed by atoms with Gasteiger partial charge in [0.05, 0.1) is 40.8 Å². The minimum absolute atomic E-state index is 0.0122. The van der Waals surface area contributed by atoms with Gasteiger partial charge in [-0.3, -0.25) is 14.4 Å². The van der Waals surface area contributed by atoms with Crippen LogP contribution in [0.1, 0.15) is 52.4 Å². The van der Waals surface area contributed by atoms with Gasteiger partial charge in [0.1, 0.15) is 17.0 Å². The number of pyridine rings is 1. The van der Waals surface area contributed by atoms with Gasteiger partial charge >= 0.3 is 6.18 Å². The summed E-state index contributed by atoms with van der Waals surface area (Å²) in [6, 6.07) is 5.19. The molecule has 0 saturated carbocycles. The van der Waals surface area contributed by atoms with Gasteiger partial charge < -0.3 is 24.6 Å². The van der Waals surface area contributed by atoms with E-state index in [9.17, 15) is 41.1 Å². The standard InChI is InChI=1S/C31H27ClF3N7O7S/c32-19-14-18(31(33,34)35)3-4-20(19)37-23(44)15-41-21-16-50(47,48)30(7-10-40(11-8-30)28(46)25-22(43)2-1-9-36-25)24(21)27(45)42-29(41)38-26(39-42)17-5-12-49-13-6-17/h1-5,9,14,43H,6-8,10-13,15-16H2,(H,37,44). The van der Waals surface area contributed by atoms with Crippen LogP contribution in [0.25, 0.3) is 11.4 Å². The van der Waals surface area contributed by atoms with Crippen molar-refractivity contribution in [3.05, 3.63) is 86.3 Å². The summed E-state index contributed by atoms with van der Waals surface area (Å²) < 4.78 is 73.5. The Morgan fingerprint density at radius 2 is 1.92 bits per heavy atom. The third-order valence-corrected chi connectivity index (χ3v) is 12.0. The average Bonchev–Trinajstić information content (AvgIpc) is 3.62. The molecular formula is C31H27ClF3N7O7S. The summed E-state index contributed by atoms with van der Waals surface area (Å²) in [5.74, 6) is -2.29. The Bertz CT molecular complexity index is 2280. The van der Waals surface area contributed by atoms with Crippen molar-refractivity contribution in [3.63, 3.8) is 0 Å². The van der Waals surface area contributed by atoms with Crippen molar-refractivity contribution in [1.29, 1.82) is 0 Å². The molecule has 0 radical (unpaired) electrons. The molecule has 1 saturated heterocycles. The molecule has 7 rings (SSSR count). The predicted molar refractivity (Wildman–Crippen MR) is 171 cm³/mol. The molecule has 0 atom stereocenters. The molecule has 4 aromatic rings. The van der Waals surface area contributed by atoms with Crippen LogP contribution in [-0.2, 0) is 42.6 Å². The van der Waals surface area contributed by atoms with E-state index in [1.165, 1.54) is 27.8 Å². The molecule has 50 heavy (non-hydrogen) atoms. The molecule has 1 spiro atoms. The zero-order chi connectivity index (χ0) is 35.6. The molecule has 2 N–H and O–H groups in total. The van der Waals surface area contributed by atoms with Crippen molar-refractivity contribution in [2.75, 3.05) is 31.6 Å². The van der Waals surface area contributed by atoms with Crippen molar-refractivity contribution in [1.82, 2.24) is 29.0 Å². The molecule has 3 aromatic heterocycles. The Morgan fingerprint density at radius 1 is 1.16 bits per heavy atom. The van der Waals surface area contributed by atoms with Crippen molar-refractivity contribution in [2.24, 2.45) is 0 Å². The zero-order valence-electron chi connectivity index (χ0n) is 25.9. The number of hydrogen-bond donors (Lipinski definition) is 2. The van der Waals surface area contributed by atoms with Crippen molar-refractivity contribution in [2.45, 2.75) is 42.5 Å². The second-order valence-electron chi connectivity index (χ2n) is 12.1. The van der Waals surface area contributed by atoms with Crippen LogP contribution in [0.2, 0.25) is 5.02 Å². The second kappa shape index (κ2) is 12.2. The van der Waals surface area contributed by atoms with E-state index in [1.807, 2.05) is 0 Å². The molecule has 3 aliphatic rings. The Kier molecular flexibility index (Phi) is 8.22. The van der Waals surface area contributed by atoms with Gasteiger partial charge in [-0.15, -0.1) is 5.10 Å². The number of piperidine rings is 1. The lowest BCUT2D eigenvalue weighted by atomic mass is 9.88. The zero-order valence-corrected chi connectivity index (χ0v) is 27.5. The minimum atomic E-state index is -4.66. The number of ether oxygens (including phenoxy) is 1. The van der Waals surface area contributed by atoms with Crippen LogP contribution in [-0.4, -0.2) is 80.7 Å². The topological polar surface area (TPSA) is 178 Å². The number of anilines is 1. The number of halogens is 4. The van der Waals surface area contributed by atoms with Crippen LogP contribution in [0.15, 0.2) is 47.4 Å². The fourth-order valence-corrected chi connectivity index (χ4v) is 9.17. The fraction of sp³-hybridized carbons (Fsp3) is 0.355. The summed E-state index contributed by atoms with van der Waals surface area (Å²) in [6.45, 7) is -0.111. The summed E-state index contributed by atoms with van der Waals surface area (Å²) in [7, 11) is -4.12. The predicted octanol–water partition coefficient (Wildman–Crippen LogP) is 3.17. The summed E-state index contributed by atoms with van der Waals surface area (Å²) in [5, 5.41) is 16.7. The highest BCUT2D eigenvalue weighted by Crippen LogP contribution is 2.48. The Balaban J connectivity index is 1.29. The van der Waals surface area contributed by atoms with E-state index < -0.39 is 56.0 Å². The lowest BCUT2D eigenvalue weighted by Gasteiger charge is -2.38. The van der Waals surface area contributed by atoms with Gasteiger partial charge in [-0.1, -0.05) is 17.7 Å². The Hall–Kier alpha value is -4.81. The highest BCUT2D eigenvalue weighted by molar-refractivity contribution is 7.92. The smallest absolute Gasteiger partial charge is 0.416 e. The molecule has 1 fully saturated rings. The number of aromatic hydroxyl groups is 1. The molecule has 262 valence electrons. The number of hydrogen-bond acceptors (Lipinski definition) is 10. The van der Waals surface area contributed by atoms with Gasteiger partial charge in [-0.2, -0.15) is 22.7 Å². The molecule has 2 amide bonds. The number of nitrogens with one attached hydrogen (secondary N) is 1. The minimum Gasteiger partial charge on any atom is -0.505 e. The maximum atomic E-state index is 14.3. The average molecular weight is 734 g/mol. The van der Waals surface area contributed by atoms with E-state index in [0.29, 0.717) is 24.7 Å². The van der Waals surface area contributed by atoms with E-state index in [1.54, 1.807) is 6.08 Å². The number of aromatic nitrogens is 5. The number of carbonyl (C=O) groups is 2. The van der Waals surface area contributed by atoms with Gasteiger partial charge in [0.15, 0.2) is 21.4 Å². The summed E-state index contributed by atoms with van der Waals surface area (Å²) in [5.41, 5.74) is -1.48. The fourth-order valence-electron chi connectivity index (χ4n) is 6.68. The largest absolute Gasteiger partial charge is 0.505 e. The van der Waals surface area contributed by atoms with E-state index in [2.05, 4.69) is 20.4 Å². The van der Waals surface area contributed by atoms with E-state index >= 15 is 0 Å². The highest BCUT2D eigenvalue weighted by atomic mass is 35.5. The van der Waals surface area contributed by atoms with E-state index in [4.69, 9.17) is 16.3 Å². The normalized spacial score (nSPS) is 18.2. The molecule has 0 unspecified atom stereocenters. The number of amides is 2. The first-order chi connectivity index (χ1) is 23.7. The van der Waals surface area contributed by atoms with Gasteiger partial charge in [-0.25, -0.2) is 13.4 Å². The number of likely N-dealkylation sites (tertiary alicyclic amines) is 1. The van der Waals surface area contributed by atoms with Crippen LogP contribution in [0.3, 0.4) is 0 Å². The van der Waals surface area contributed by atoms with Crippen LogP contribution in [0.5, 0.6) is 5.75 Å². The molecule has 6 heterocycles. The van der Waals surface area contributed by atoms with Gasteiger partial charge in [0, 0.05) is 25.0 Å². The maximum absolute atomic E-state index is 14.3. The molecular weight excluding hydrogens is 707 g/mol. The number of carbonyl (C=O) groups excluding carboxylic acids is 2. The second-order valence-corrected chi connectivity index (χ2v) is 14.8. The van der Waals surface area contributed by atoms with Crippen molar-refractivity contribution in [3.8, 4) is 5.75 Å². The van der Waals surface area contributed by atoms with Crippen LogP contribution < -0.4 is 10.9 Å². The first-order valence-electron chi connectivity index (χ1n) is 15.3. The van der Waals surface area contributed by atoms with Crippen LogP contribution in [0, 0.1) is 0 Å². The van der Waals surface area contributed by atoms with Crippen molar-refractivity contribution < 1.29 is 41.0 Å². The number of alkyl halides is 3. The van der Waals surface area contributed by atoms with Crippen LogP contribution >= 0.6 is 11.6 Å². The molecule has 14 nitrogen and oxygen atoms in total. The monoisotopic (exact) mass is 733 g/mol. The highest BCUT2D eigenvalue weighted by Gasteiger charge is 2.56. The molecule has 3 aliphatic heterocycles. The molecule has 1 aromatic carbocycles. The van der Waals surface area contributed by atoms with E-state index in [-0.39, 0.29) is 77.6 Å². The first kappa shape index (κ1) is 33.7. The Morgan fingerprint density at radius 3 is 2.58 bits per heavy atom. The number of nitrogens with zero attached hydrogens (tertiary/aromatic N) is 6. The third kappa shape index (κ3) is 5.60. The number of rotatable bonds is 5. The van der Waals surface area contributed by atoms with Gasteiger partial charge in [-0.05, 0) is 55.2 Å². The lowest BCUT2D eigenvalue weighted by Crippen LogP contribution is -2.49. The lowest BCUT2D eigenvalue weighted by molar-refractivity contribution is -0.137. The summed E-state index contributed by atoms with van der Waals surface area (Å²) in [6.07, 6.45) is -1.47. The van der Waals surface area contributed by atoms with Gasteiger partial charge in [0.2, 0.25) is 11.7 Å². The number of fused-ring (bicyclic) bond motifs is 3. The third-order valence-electron chi connectivity index (χ3n) is 9.20. The number of benzene rings is 1. The molecule has 19 heteroatoms. The summed E-state index contributed by atoms with van der Waals surface area (Å²) >= 11 is 6.07. The van der Waals surface area contributed by atoms with E-state index in [0.717, 1.165) is 16.6 Å². The maximum Gasteiger partial charge on any atom is 0.416 e. The Labute approximate surface area is 286 Å². The van der Waals surface area contributed by atoms with Crippen molar-refractivity contribution >= 4 is 50.3 Å². The quantitative estimate of drug-likeness (QED) is 0.310. The summed E-state index contributed by atoms with van der Waals surface area (Å²) in [4.78, 5) is 50.7. The molecule has 0 aliphatic carbocycles.